The average molecular weight is 355 g/mol. The zero-order valence-corrected chi connectivity index (χ0v) is 14.8. The summed E-state index contributed by atoms with van der Waals surface area (Å²) < 4.78 is 10.6. The van der Waals surface area contributed by atoms with Crippen LogP contribution in [0.2, 0.25) is 5.02 Å². The molecule has 1 saturated heterocycles. The Balaban J connectivity index is 1.98. The van der Waals surface area contributed by atoms with Crippen LogP contribution < -0.4 is 15.0 Å². The van der Waals surface area contributed by atoms with Crippen molar-refractivity contribution in [3.05, 3.63) is 23.2 Å². The number of amides is 2. The number of methoxy groups -OCH3 is 1. The molecule has 0 saturated carbocycles. The number of ether oxygens (including phenoxy) is 2. The van der Waals surface area contributed by atoms with E-state index in [9.17, 15) is 9.59 Å². The third-order valence-electron chi connectivity index (χ3n) is 4.04. The molecule has 0 radical (unpaired) electrons. The molecule has 1 aromatic rings. The van der Waals surface area contributed by atoms with E-state index in [-0.39, 0.29) is 17.7 Å². The normalized spacial score (nSPS) is 15.0. The first kappa shape index (κ1) is 18.5. The zero-order chi connectivity index (χ0) is 17.5. The SMILES string of the molecule is COc1ccc(Cl)cc1N(CCNC(=O)C1CCOCC1)C(C)=O. The number of rotatable bonds is 6. The number of carbonyl (C=O) groups is 2. The monoisotopic (exact) mass is 354 g/mol. The van der Waals surface area contributed by atoms with E-state index in [1.165, 1.54) is 14.0 Å². The van der Waals surface area contributed by atoms with E-state index < -0.39 is 0 Å². The van der Waals surface area contributed by atoms with Crippen LogP contribution in [0.3, 0.4) is 0 Å². The molecule has 0 spiro atoms. The molecule has 1 fully saturated rings. The summed E-state index contributed by atoms with van der Waals surface area (Å²) in [5.41, 5.74) is 0.595. The summed E-state index contributed by atoms with van der Waals surface area (Å²) in [5, 5.41) is 3.41. The van der Waals surface area contributed by atoms with E-state index in [0.29, 0.717) is 42.8 Å². The van der Waals surface area contributed by atoms with Gasteiger partial charge in [-0.15, -0.1) is 0 Å². The maximum absolute atomic E-state index is 12.1. The van der Waals surface area contributed by atoms with Crippen LogP contribution in [0.25, 0.3) is 0 Å². The first-order valence-corrected chi connectivity index (χ1v) is 8.38. The van der Waals surface area contributed by atoms with Gasteiger partial charge in [-0.3, -0.25) is 9.59 Å². The maximum Gasteiger partial charge on any atom is 0.224 e. The highest BCUT2D eigenvalue weighted by molar-refractivity contribution is 6.31. The van der Waals surface area contributed by atoms with Gasteiger partial charge in [0.25, 0.3) is 0 Å². The maximum atomic E-state index is 12.1. The molecule has 7 heteroatoms. The number of halogens is 1. The Bertz CT molecular complexity index is 588. The summed E-state index contributed by atoms with van der Waals surface area (Å²) in [6, 6.07) is 5.10. The van der Waals surface area contributed by atoms with Crippen molar-refractivity contribution >= 4 is 29.1 Å². The Hall–Kier alpha value is -1.79. The third kappa shape index (κ3) is 4.85. The van der Waals surface area contributed by atoms with Gasteiger partial charge in [-0.1, -0.05) is 11.6 Å². The predicted octanol–water partition coefficient (Wildman–Crippen LogP) is 2.24. The lowest BCUT2D eigenvalue weighted by molar-refractivity contribution is -0.127. The van der Waals surface area contributed by atoms with Crippen molar-refractivity contribution in [2.45, 2.75) is 19.8 Å². The van der Waals surface area contributed by atoms with Crippen molar-refractivity contribution in [1.82, 2.24) is 5.32 Å². The molecule has 1 N–H and O–H groups in total. The number of nitrogens with one attached hydrogen (secondary N) is 1. The summed E-state index contributed by atoms with van der Waals surface area (Å²) >= 11 is 6.03. The minimum atomic E-state index is -0.143. The van der Waals surface area contributed by atoms with Gasteiger partial charge in [0.05, 0.1) is 12.8 Å². The number of hydrogen-bond acceptors (Lipinski definition) is 4. The van der Waals surface area contributed by atoms with Crippen LogP contribution in [0.1, 0.15) is 19.8 Å². The second-order valence-electron chi connectivity index (χ2n) is 5.66. The molecule has 1 aromatic carbocycles. The average Bonchev–Trinajstić information content (AvgIpc) is 2.59. The van der Waals surface area contributed by atoms with Gasteiger partial charge < -0.3 is 19.7 Å². The van der Waals surface area contributed by atoms with Crippen molar-refractivity contribution in [3.8, 4) is 5.75 Å². The zero-order valence-electron chi connectivity index (χ0n) is 14.0. The number of carbonyl (C=O) groups excluding carboxylic acids is 2. The summed E-state index contributed by atoms with van der Waals surface area (Å²) in [7, 11) is 1.54. The fourth-order valence-electron chi connectivity index (χ4n) is 2.72. The molecule has 0 bridgehead atoms. The first-order valence-electron chi connectivity index (χ1n) is 8.00. The fraction of sp³-hybridized carbons (Fsp3) is 0.529. The summed E-state index contributed by atoms with van der Waals surface area (Å²) in [4.78, 5) is 25.7. The quantitative estimate of drug-likeness (QED) is 0.850. The highest BCUT2D eigenvalue weighted by Gasteiger charge is 2.22. The minimum absolute atomic E-state index is 0.00904. The Kier molecular flexibility index (Phi) is 6.87. The Morgan fingerprint density at radius 1 is 1.38 bits per heavy atom. The van der Waals surface area contributed by atoms with Crippen LogP contribution in [0.15, 0.2) is 18.2 Å². The van der Waals surface area contributed by atoms with E-state index >= 15 is 0 Å². The predicted molar refractivity (Wildman–Crippen MR) is 92.6 cm³/mol. The summed E-state index contributed by atoms with van der Waals surface area (Å²) in [6.45, 7) is 3.43. The topological polar surface area (TPSA) is 67.9 Å². The van der Waals surface area contributed by atoms with Crippen LogP contribution >= 0.6 is 11.6 Å². The van der Waals surface area contributed by atoms with Crippen LogP contribution in [-0.2, 0) is 14.3 Å². The van der Waals surface area contributed by atoms with Crippen LogP contribution in [0.5, 0.6) is 5.75 Å². The molecule has 0 unspecified atom stereocenters. The van der Waals surface area contributed by atoms with E-state index in [0.717, 1.165) is 12.8 Å². The standard InChI is InChI=1S/C17H23ClN2O4/c1-12(21)20(15-11-14(18)3-4-16(15)23-2)8-7-19-17(22)13-5-9-24-10-6-13/h3-4,11,13H,5-10H2,1-2H3,(H,19,22). The minimum Gasteiger partial charge on any atom is -0.495 e. The second kappa shape index (κ2) is 8.89. The van der Waals surface area contributed by atoms with Crippen molar-refractivity contribution in [1.29, 1.82) is 0 Å². The molecule has 2 rings (SSSR count). The largest absolute Gasteiger partial charge is 0.495 e. The van der Waals surface area contributed by atoms with Crippen molar-refractivity contribution in [3.63, 3.8) is 0 Å². The van der Waals surface area contributed by atoms with Crippen molar-refractivity contribution < 1.29 is 19.1 Å². The molecule has 0 aromatic heterocycles. The molecule has 1 heterocycles. The second-order valence-corrected chi connectivity index (χ2v) is 6.10. The van der Waals surface area contributed by atoms with Gasteiger partial charge in [-0.25, -0.2) is 0 Å². The summed E-state index contributed by atoms with van der Waals surface area (Å²) in [5.74, 6) is 0.423. The fourth-order valence-corrected chi connectivity index (χ4v) is 2.88. The number of anilines is 1. The molecule has 6 nitrogen and oxygen atoms in total. The van der Waals surface area contributed by atoms with Crippen LogP contribution in [0, 0.1) is 5.92 Å². The van der Waals surface area contributed by atoms with Gasteiger partial charge in [0.1, 0.15) is 5.75 Å². The number of hydrogen-bond donors (Lipinski definition) is 1. The third-order valence-corrected chi connectivity index (χ3v) is 4.27. The van der Waals surface area contributed by atoms with Crippen molar-refractivity contribution in [2.75, 3.05) is 38.3 Å². The van der Waals surface area contributed by atoms with E-state index in [1.54, 1.807) is 23.1 Å². The van der Waals surface area contributed by atoms with Gasteiger partial charge in [-0.2, -0.15) is 0 Å². The molecule has 1 aliphatic heterocycles. The van der Waals surface area contributed by atoms with Gasteiger partial charge in [0, 0.05) is 44.2 Å². The van der Waals surface area contributed by atoms with Gasteiger partial charge in [-0.05, 0) is 31.0 Å². The molecule has 0 aliphatic carbocycles. The molecule has 0 atom stereocenters. The van der Waals surface area contributed by atoms with Crippen LogP contribution in [0.4, 0.5) is 5.69 Å². The number of nitrogens with zero attached hydrogens (tertiary/aromatic N) is 1. The first-order chi connectivity index (χ1) is 11.5. The van der Waals surface area contributed by atoms with E-state index in [4.69, 9.17) is 21.1 Å². The molecule has 2 amide bonds. The number of benzene rings is 1. The molecular formula is C17H23ClN2O4. The Labute approximate surface area is 147 Å². The molecule has 1 aliphatic rings. The highest BCUT2D eigenvalue weighted by atomic mass is 35.5. The van der Waals surface area contributed by atoms with Gasteiger partial charge in [0.15, 0.2) is 0 Å². The highest BCUT2D eigenvalue weighted by Crippen LogP contribution is 2.31. The van der Waals surface area contributed by atoms with Crippen molar-refractivity contribution in [2.24, 2.45) is 5.92 Å². The lowest BCUT2D eigenvalue weighted by Crippen LogP contribution is -2.40. The molecule has 24 heavy (non-hydrogen) atoms. The Morgan fingerprint density at radius 3 is 2.71 bits per heavy atom. The summed E-state index contributed by atoms with van der Waals surface area (Å²) in [6.07, 6.45) is 1.48. The van der Waals surface area contributed by atoms with E-state index in [1.807, 2.05) is 0 Å². The van der Waals surface area contributed by atoms with E-state index in [2.05, 4.69) is 5.32 Å². The van der Waals surface area contributed by atoms with Gasteiger partial charge >= 0.3 is 0 Å². The lowest BCUT2D eigenvalue weighted by Gasteiger charge is -2.25. The Morgan fingerprint density at radius 2 is 2.08 bits per heavy atom. The van der Waals surface area contributed by atoms with Crippen LogP contribution in [-0.4, -0.2) is 45.2 Å². The molecular weight excluding hydrogens is 332 g/mol. The smallest absolute Gasteiger partial charge is 0.224 e. The lowest BCUT2D eigenvalue weighted by atomic mass is 9.99. The molecule has 132 valence electrons. The van der Waals surface area contributed by atoms with Gasteiger partial charge in [0.2, 0.25) is 11.8 Å².